The first-order valence-corrected chi connectivity index (χ1v) is 9.81. The van der Waals surface area contributed by atoms with E-state index in [2.05, 4.69) is 76.0 Å². The fourth-order valence-electron chi connectivity index (χ4n) is 4.78. The van der Waals surface area contributed by atoms with Crippen LogP contribution in [0.5, 0.6) is 0 Å². The number of rotatable bonds is 5. The fourth-order valence-corrected chi connectivity index (χ4v) is 4.78. The maximum atomic E-state index is 8.27. The Labute approximate surface area is 161 Å². The Balaban J connectivity index is 1.76. The smallest absolute Gasteiger partial charge is 0.285 e. The van der Waals surface area contributed by atoms with Crippen molar-refractivity contribution in [2.24, 2.45) is 5.92 Å². The van der Waals surface area contributed by atoms with Crippen LogP contribution in [0.15, 0.2) is 73.1 Å². The molecule has 0 spiro atoms. The summed E-state index contributed by atoms with van der Waals surface area (Å²) >= 11 is 0. The molecule has 4 rings (SSSR count). The summed E-state index contributed by atoms with van der Waals surface area (Å²) in [6, 6.07) is 21.2. The number of benzene rings is 2. The van der Waals surface area contributed by atoms with Crippen LogP contribution in [-0.2, 0) is 12.0 Å². The van der Waals surface area contributed by atoms with Crippen LogP contribution >= 0.6 is 0 Å². The van der Waals surface area contributed by atoms with Gasteiger partial charge in [0.05, 0.1) is 0 Å². The van der Waals surface area contributed by atoms with Gasteiger partial charge in [-0.2, -0.15) is 0 Å². The molecule has 0 N–H and O–H groups in total. The zero-order valence-electron chi connectivity index (χ0n) is 15.8. The summed E-state index contributed by atoms with van der Waals surface area (Å²) in [5.41, 5.74) is 1.60. The van der Waals surface area contributed by atoms with Crippen LogP contribution in [0.3, 0.4) is 0 Å². The van der Waals surface area contributed by atoms with E-state index >= 15 is 0 Å². The molecule has 1 aliphatic carbocycles. The van der Waals surface area contributed by atoms with Gasteiger partial charge in [-0.1, -0.05) is 67.6 Å². The van der Waals surface area contributed by atoms with Crippen molar-refractivity contribution in [2.45, 2.75) is 44.2 Å². The highest BCUT2D eigenvalue weighted by Gasteiger charge is 2.51. The quantitative estimate of drug-likeness (QED) is 0.542. The maximum absolute atomic E-state index is 8.27. The molecule has 1 saturated carbocycles. The van der Waals surface area contributed by atoms with Gasteiger partial charge >= 0.3 is 0 Å². The first kappa shape index (κ1) is 17.5. The first-order chi connectivity index (χ1) is 13.3. The Morgan fingerprint density at radius 1 is 1.04 bits per heavy atom. The molecule has 1 aromatic heterocycles. The van der Waals surface area contributed by atoms with Crippen molar-refractivity contribution in [1.82, 2.24) is 9.55 Å². The summed E-state index contributed by atoms with van der Waals surface area (Å²) in [5.74, 6) is 1.44. The van der Waals surface area contributed by atoms with Gasteiger partial charge in [0.1, 0.15) is 5.82 Å². The highest BCUT2D eigenvalue weighted by atomic mass is 15.1. The van der Waals surface area contributed by atoms with Crippen molar-refractivity contribution in [3.63, 3.8) is 0 Å². The molecule has 0 bridgehead atoms. The molecule has 3 aromatic rings. The minimum absolute atomic E-state index is 0.289. The summed E-state index contributed by atoms with van der Waals surface area (Å²) in [7, 11) is 0. The van der Waals surface area contributed by atoms with E-state index in [1.54, 1.807) is 0 Å². The Bertz CT molecular complexity index is 882. The summed E-state index contributed by atoms with van der Waals surface area (Å²) < 4.78 is 2.34. The molecule has 1 aliphatic rings. The number of imidazole rings is 1. The van der Waals surface area contributed by atoms with Crippen LogP contribution < -0.4 is 0 Å². The summed E-state index contributed by atoms with van der Waals surface area (Å²) in [6.45, 7) is 10.4. The van der Waals surface area contributed by atoms with Gasteiger partial charge in [0.15, 0.2) is 0 Å². The number of aryl methyl sites for hydroxylation is 1. The van der Waals surface area contributed by atoms with E-state index in [4.69, 9.17) is 6.57 Å². The molecule has 2 aromatic carbocycles. The van der Waals surface area contributed by atoms with Crippen LogP contribution in [-0.4, -0.2) is 9.55 Å². The zero-order chi connectivity index (χ0) is 18.7. The summed E-state index contributed by atoms with van der Waals surface area (Å²) in [6.07, 6.45) is 8.12. The van der Waals surface area contributed by atoms with Crippen molar-refractivity contribution in [1.29, 1.82) is 0 Å². The molecule has 1 heterocycles. The van der Waals surface area contributed by atoms with E-state index in [9.17, 15) is 0 Å². The Morgan fingerprint density at radius 3 is 2.22 bits per heavy atom. The second kappa shape index (κ2) is 7.40. The highest BCUT2D eigenvalue weighted by Crippen LogP contribution is 2.50. The van der Waals surface area contributed by atoms with Gasteiger partial charge in [-0.05, 0) is 19.3 Å². The van der Waals surface area contributed by atoms with Crippen LogP contribution in [0.2, 0.25) is 0 Å². The summed E-state index contributed by atoms with van der Waals surface area (Å²) in [5, 5.41) is 0. The molecular formula is C24H25N3. The molecule has 27 heavy (non-hydrogen) atoms. The summed E-state index contributed by atoms with van der Waals surface area (Å²) in [4.78, 5) is 8.83. The van der Waals surface area contributed by atoms with Crippen LogP contribution in [0, 0.1) is 12.5 Å². The second-order valence-electron chi connectivity index (χ2n) is 7.38. The molecule has 0 amide bonds. The average molecular weight is 355 g/mol. The maximum Gasteiger partial charge on any atom is 0.285 e. The van der Waals surface area contributed by atoms with Crippen LogP contribution in [0.1, 0.15) is 49.2 Å². The number of nitrogens with zero attached hydrogens (tertiary/aromatic N) is 3. The lowest BCUT2D eigenvalue weighted by molar-refractivity contribution is 0.369. The predicted molar refractivity (Wildman–Crippen MR) is 108 cm³/mol. The van der Waals surface area contributed by atoms with E-state index < -0.39 is 5.54 Å². The van der Waals surface area contributed by atoms with Gasteiger partial charge in [0.2, 0.25) is 0 Å². The van der Waals surface area contributed by atoms with E-state index in [-0.39, 0.29) is 5.92 Å². The number of hydrogen-bond acceptors (Lipinski definition) is 1. The fraction of sp³-hybridized carbons (Fsp3) is 0.333. The molecule has 1 unspecified atom stereocenters. The molecule has 1 fully saturated rings. The highest BCUT2D eigenvalue weighted by molar-refractivity contribution is 5.43. The van der Waals surface area contributed by atoms with E-state index in [0.717, 1.165) is 42.6 Å². The lowest BCUT2D eigenvalue weighted by Gasteiger charge is -2.29. The number of aromatic nitrogens is 2. The molecule has 3 nitrogen and oxygen atoms in total. The monoisotopic (exact) mass is 355 g/mol. The minimum Gasteiger partial charge on any atom is -0.332 e. The third-order valence-corrected chi connectivity index (χ3v) is 6.06. The van der Waals surface area contributed by atoms with Gasteiger partial charge in [-0.3, -0.25) is 4.85 Å². The molecule has 136 valence electrons. The SMILES string of the molecule is [C-]#[N+]C(c1ccccc1)(c1ccccc1)C1CC[C@H](n2ccnc2CC)C1. The van der Waals surface area contributed by atoms with Gasteiger partial charge in [0, 0.05) is 41.9 Å². The second-order valence-corrected chi connectivity index (χ2v) is 7.38. The predicted octanol–water partition coefficient (Wildman–Crippen LogP) is 5.65. The van der Waals surface area contributed by atoms with Crippen molar-refractivity contribution >= 4 is 0 Å². The van der Waals surface area contributed by atoms with E-state index in [1.807, 2.05) is 18.3 Å². The van der Waals surface area contributed by atoms with Crippen molar-refractivity contribution in [3.05, 3.63) is 101 Å². The van der Waals surface area contributed by atoms with Crippen molar-refractivity contribution < 1.29 is 0 Å². The molecule has 0 aliphatic heterocycles. The molecule has 3 heteroatoms. The third kappa shape index (κ3) is 2.96. The van der Waals surface area contributed by atoms with Crippen molar-refractivity contribution in [2.75, 3.05) is 0 Å². The van der Waals surface area contributed by atoms with Crippen molar-refractivity contribution in [3.8, 4) is 0 Å². The topological polar surface area (TPSA) is 22.2 Å². The zero-order valence-corrected chi connectivity index (χ0v) is 15.8. The molecule has 2 atom stereocenters. The Morgan fingerprint density at radius 2 is 1.67 bits per heavy atom. The Kier molecular flexibility index (Phi) is 4.81. The number of hydrogen-bond donors (Lipinski definition) is 0. The van der Waals surface area contributed by atoms with Gasteiger partial charge in [-0.15, -0.1) is 0 Å². The third-order valence-electron chi connectivity index (χ3n) is 6.06. The van der Waals surface area contributed by atoms with E-state index in [1.165, 1.54) is 0 Å². The minimum atomic E-state index is -0.621. The van der Waals surface area contributed by atoms with Gasteiger partial charge in [0.25, 0.3) is 5.54 Å². The normalized spacial score (nSPS) is 19.7. The Hall–Kier alpha value is -2.86. The standard InChI is InChI=1S/C24H25N3/c1-3-23-26-16-17-27(23)22-15-14-21(18-22)24(25-2,19-10-6-4-7-11-19)20-12-8-5-9-13-20/h4-13,16-17,21-22H,3,14-15,18H2,1H3/t21?,22-/m0/s1. The molecule has 0 saturated heterocycles. The lowest BCUT2D eigenvalue weighted by atomic mass is 9.72. The van der Waals surface area contributed by atoms with Crippen LogP contribution in [0.25, 0.3) is 4.85 Å². The van der Waals surface area contributed by atoms with E-state index in [0.29, 0.717) is 6.04 Å². The lowest BCUT2D eigenvalue weighted by Crippen LogP contribution is -2.32. The largest absolute Gasteiger partial charge is 0.332 e. The molecule has 0 radical (unpaired) electrons. The first-order valence-electron chi connectivity index (χ1n) is 9.81. The van der Waals surface area contributed by atoms with Gasteiger partial charge in [-0.25, -0.2) is 11.6 Å². The van der Waals surface area contributed by atoms with Gasteiger partial charge < -0.3 is 4.57 Å². The molecular weight excluding hydrogens is 330 g/mol. The van der Waals surface area contributed by atoms with Crippen LogP contribution in [0.4, 0.5) is 0 Å². The average Bonchev–Trinajstić information content (AvgIpc) is 3.40.